The van der Waals surface area contributed by atoms with Gasteiger partial charge in [-0.25, -0.2) is 19.9 Å². The van der Waals surface area contributed by atoms with Crippen LogP contribution in [0.1, 0.15) is 96.9 Å². The number of fused-ring (bicyclic) bond motifs is 15. The summed E-state index contributed by atoms with van der Waals surface area (Å²) in [4.78, 5) is 62.3. The van der Waals surface area contributed by atoms with E-state index in [1.165, 1.54) is 18.2 Å². The molecule has 15 nitrogen and oxygen atoms in total. The zero-order valence-corrected chi connectivity index (χ0v) is 29.7. The van der Waals surface area contributed by atoms with Gasteiger partial charge in [-0.05, 0) is 39.0 Å². The molecule has 2 unspecified atom stereocenters. The van der Waals surface area contributed by atoms with E-state index >= 15 is 0 Å². The minimum Gasteiger partial charge on any atom is -0.324 e. The van der Waals surface area contributed by atoms with E-state index in [4.69, 9.17) is 19.9 Å². The zero-order valence-electron chi connectivity index (χ0n) is 29.7. The van der Waals surface area contributed by atoms with Crippen LogP contribution in [-0.2, 0) is 10.8 Å². The maximum atomic E-state index is 12.7. The van der Waals surface area contributed by atoms with Crippen molar-refractivity contribution in [3.63, 3.8) is 0 Å². The molecule has 4 heterocycles. The summed E-state index contributed by atoms with van der Waals surface area (Å²) in [5, 5.41) is 39.2. The first-order chi connectivity index (χ1) is 23.6. The van der Waals surface area contributed by atoms with Crippen molar-refractivity contribution < 1.29 is 14.8 Å². The molecule has 7 rings (SSSR count). The highest BCUT2D eigenvalue weighted by Crippen LogP contribution is 2.48. The maximum Gasteiger partial charge on any atom is 0.281 e. The second-order valence-corrected chi connectivity index (χ2v) is 16.4. The van der Waals surface area contributed by atoms with Crippen LogP contribution in [0.4, 0.5) is 11.4 Å². The molecule has 2 atom stereocenters. The van der Waals surface area contributed by atoms with E-state index in [1.54, 1.807) is 6.08 Å². The highest BCUT2D eigenvalue weighted by molar-refractivity contribution is 6.12. The number of hydrogen-bond acceptors (Lipinski definition) is 10. The number of aromatic nitrogens is 6. The van der Waals surface area contributed by atoms with Crippen LogP contribution in [0.5, 0.6) is 0 Å². The molecular formula is C36H37N9O6. The quantitative estimate of drug-likeness (QED) is 0.136. The maximum absolute atomic E-state index is 12.7. The third kappa shape index (κ3) is 5.43. The summed E-state index contributed by atoms with van der Waals surface area (Å²) in [5.41, 5.74) is 0.874. The number of nitro groups is 3. The van der Waals surface area contributed by atoms with Crippen LogP contribution in [0.25, 0.3) is 44.1 Å². The van der Waals surface area contributed by atoms with Crippen LogP contribution in [0.3, 0.4) is 0 Å². The molecule has 2 aromatic carbocycles. The van der Waals surface area contributed by atoms with E-state index in [0.29, 0.717) is 38.5 Å². The molecular weight excluding hydrogens is 654 g/mol. The molecule has 15 heteroatoms. The summed E-state index contributed by atoms with van der Waals surface area (Å²) in [6, 6.07) is 6.30. The lowest BCUT2D eigenvalue weighted by Crippen LogP contribution is -2.22. The molecule has 262 valence electrons. The average Bonchev–Trinajstić information content (AvgIpc) is 3.66. The molecule has 1 aliphatic carbocycles. The summed E-state index contributed by atoms with van der Waals surface area (Å²) >= 11 is 0. The van der Waals surface area contributed by atoms with Gasteiger partial charge in [-0.1, -0.05) is 68.4 Å². The number of rotatable bonds is 3. The Labute approximate surface area is 291 Å². The molecule has 6 bridgehead atoms. The topological polar surface area (TPSA) is 213 Å². The Bertz CT molecular complexity index is 2540. The highest BCUT2D eigenvalue weighted by atomic mass is 16.6. The number of nitrogens with one attached hydrogen (secondary N) is 2. The third-order valence-corrected chi connectivity index (χ3v) is 9.68. The lowest BCUT2D eigenvalue weighted by molar-refractivity contribution is -0.431. The molecule has 0 spiro atoms. The van der Waals surface area contributed by atoms with Gasteiger partial charge in [0, 0.05) is 40.4 Å². The summed E-state index contributed by atoms with van der Waals surface area (Å²) < 4.78 is 0. The standard InChI is InChI=1S/C36H37N9O6/c1-34(2,3)16-10-19-26(23(12-16)44(48)49)32-39-28(19)37-31-25-21(14-18(43(46)47)15-22(25)36(7,8)9)30(38-31)42-33-27-20(29(40-32)41-33)11-17(35(4,5)6)13-24(27)45(50)51/h10-15,20,27H,1-9H3,(H2,37,38,39,40,41,42). The Hall–Kier alpha value is -5.86. The van der Waals surface area contributed by atoms with Gasteiger partial charge in [0.25, 0.3) is 17.1 Å². The van der Waals surface area contributed by atoms with Crippen LogP contribution in [0.15, 0.2) is 47.7 Å². The second-order valence-electron chi connectivity index (χ2n) is 16.4. The molecule has 2 N–H and O–H groups in total. The SMILES string of the molecule is CC(C)(C)C1=CC2c3nc(nc4[nH]c(nc5[nH]c(n3)c3c([N+](=O)[O-])cc(C(C)(C)C)cc53)c3c(C(C)(C)C)cc([N+](=O)[O-])cc43)C2C([N+](=O)[O-])=C1. The number of hydrogen-bond donors (Lipinski definition) is 2. The van der Waals surface area contributed by atoms with E-state index in [9.17, 15) is 30.3 Å². The van der Waals surface area contributed by atoms with Gasteiger partial charge in [-0.3, -0.25) is 30.3 Å². The molecule has 2 aliphatic rings. The molecule has 3 aromatic heterocycles. The van der Waals surface area contributed by atoms with Gasteiger partial charge < -0.3 is 9.97 Å². The summed E-state index contributed by atoms with van der Waals surface area (Å²) in [7, 11) is 0. The Morgan fingerprint density at radius 2 is 1.24 bits per heavy atom. The predicted molar refractivity (Wildman–Crippen MR) is 193 cm³/mol. The molecule has 0 saturated heterocycles. The van der Waals surface area contributed by atoms with Crippen LogP contribution >= 0.6 is 0 Å². The number of aromatic amines is 2. The summed E-state index contributed by atoms with van der Waals surface area (Å²) in [5.74, 6) is -1.45. The Balaban J connectivity index is 1.75. The molecule has 1 aliphatic heterocycles. The number of H-pyrrole nitrogens is 2. The van der Waals surface area contributed by atoms with Gasteiger partial charge in [0.1, 0.15) is 45.5 Å². The van der Waals surface area contributed by atoms with Crippen LogP contribution < -0.4 is 0 Å². The van der Waals surface area contributed by atoms with Crippen molar-refractivity contribution in [1.82, 2.24) is 29.9 Å². The van der Waals surface area contributed by atoms with Crippen molar-refractivity contribution >= 4 is 55.5 Å². The number of nitrogens with zero attached hydrogens (tertiary/aromatic N) is 7. The largest absolute Gasteiger partial charge is 0.324 e. The van der Waals surface area contributed by atoms with Crippen molar-refractivity contribution in [2.24, 2.45) is 5.41 Å². The predicted octanol–water partition coefficient (Wildman–Crippen LogP) is 8.40. The minimum atomic E-state index is -0.965. The normalized spacial score (nSPS) is 17.4. The fourth-order valence-corrected chi connectivity index (χ4v) is 6.95. The van der Waals surface area contributed by atoms with E-state index in [1.807, 2.05) is 74.5 Å². The molecule has 0 amide bonds. The second kappa shape index (κ2) is 10.8. The van der Waals surface area contributed by atoms with E-state index < -0.39 is 42.9 Å². The van der Waals surface area contributed by atoms with Crippen molar-refractivity contribution in [2.45, 2.75) is 85.0 Å². The zero-order chi connectivity index (χ0) is 37.1. The summed E-state index contributed by atoms with van der Waals surface area (Å²) in [6.45, 7) is 17.5. The number of nitro benzene ring substituents is 2. The molecule has 51 heavy (non-hydrogen) atoms. The Morgan fingerprint density at radius 3 is 1.80 bits per heavy atom. The first kappa shape index (κ1) is 33.6. The van der Waals surface area contributed by atoms with Gasteiger partial charge in [-0.15, -0.1) is 0 Å². The monoisotopic (exact) mass is 691 g/mol. The third-order valence-electron chi connectivity index (χ3n) is 9.68. The van der Waals surface area contributed by atoms with Gasteiger partial charge >= 0.3 is 0 Å². The van der Waals surface area contributed by atoms with Crippen molar-refractivity contribution in [2.75, 3.05) is 0 Å². The number of allylic oxidation sites excluding steroid dienone is 4. The Kier molecular flexibility index (Phi) is 7.13. The molecule has 0 radical (unpaired) electrons. The minimum absolute atomic E-state index is 0.0746. The van der Waals surface area contributed by atoms with Gasteiger partial charge in [0.15, 0.2) is 0 Å². The highest BCUT2D eigenvalue weighted by Gasteiger charge is 2.46. The first-order valence-electron chi connectivity index (χ1n) is 16.5. The van der Waals surface area contributed by atoms with E-state index in [0.717, 1.165) is 0 Å². The smallest absolute Gasteiger partial charge is 0.281 e. The van der Waals surface area contributed by atoms with Crippen LogP contribution in [0.2, 0.25) is 0 Å². The number of benzene rings is 2. The molecule has 0 fully saturated rings. The Morgan fingerprint density at radius 1 is 0.627 bits per heavy atom. The lowest BCUT2D eigenvalue weighted by Gasteiger charge is -2.27. The average molecular weight is 692 g/mol. The van der Waals surface area contributed by atoms with Crippen LogP contribution in [-0.4, -0.2) is 44.7 Å². The van der Waals surface area contributed by atoms with Crippen molar-refractivity contribution in [1.29, 1.82) is 0 Å². The van der Waals surface area contributed by atoms with Gasteiger partial charge in [0.05, 0.1) is 20.7 Å². The van der Waals surface area contributed by atoms with Crippen molar-refractivity contribution in [3.8, 4) is 0 Å². The fraction of sp³-hybridized carbons (Fsp3) is 0.389. The molecule has 0 saturated carbocycles. The van der Waals surface area contributed by atoms with Gasteiger partial charge in [-0.2, -0.15) is 0 Å². The fourth-order valence-electron chi connectivity index (χ4n) is 6.95. The van der Waals surface area contributed by atoms with E-state index in [2.05, 4.69) is 9.97 Å². The lowest BCUT2D eigenvalue weighted by atomic mass is 9.76. The molecule has 5 aromatic rings. The summed E-state index contributed by atoms with van der Waals surface area (Å²) in [6.07, 6.45) is 3.44. The van der Waals surface area contributed by atoms with Gasteiger partial charge in [0.2, 0.25) is 0 Å². The van der Waals surface area contributed by atoms with Crippen molar-refractivity contribution in [3.05, 3.63) is 101 Å². The first-order valence-corrected chi connectivity index (χ1v) is 16.5. The van der Waals surface area contributed by atoms with E-state index in [-0.39, 0.29) is 51.0 Å². The number of non-ortho nitro benzene ring substituents is 2. The van der Waals surface area contributed by atoms with Crippen LogP contribution in [0, 0.1) is 35.8 Å².